The Morgan fingerprint density at radius 2 is 1.44 bits per heavy atom. The fraction of sp³-hybridized carbons (Fsp3) is 0.318. The van der Waals surface area contributed by atoms with Gasteiger partial charge in [-0.05, 0) is 30.7 Å². The largest absolute Gasteiger partial charge is 0.294 e. The third-order valence-corrected chi connectivity index (χ3v) is 4.77. The molecule has 0 N–H and O–H groups in total. The molecule has 1 heterocycles. The third kappa shape index (κ3) is 4.08. The first-order valence-corrected chi connectivity index (χ1v) is 9.44. The van der Waals surface area contributed by atoms with Crippen LogP contribution in [0.2, 0.25) is 0 Å². The van der Waals surface area contributed by atoms with Crippen molar-refractivity contribution in [2.24, 2.45) is 0 Å². The summed E-state index contributed by atoms with van der Waals surface area (Å²) in [6.07, 6.45) is 4.40. The molecule has 0 atom stereocenters. The average molecular weight is 364 g/mol. The second-order valence-electron chi connectivity index (χ2n) is 6.69. The number of carbonyl (C=O) groups excluding carboxylic acids is 3. The average Bonchev–Trinajstić information content (AvgIpc) is 2.94. The van der Waals surface area contributed by atoms with Gasteiger partial charge < -0.3 is 0 Å². The van der Waals surface area contributed by atoms with Crippen molar-refractivity contribution >= 4 is 23.4 Å². The number of nitrogens with zero attached hydrogens (tertiary/aromatic N) is 2. The maximum absolute atomic E-state index is 12.9. The van der Waals surface area contributed by atoms with E-state index in [0.29, 0.717) is 23.2 Å². The zero-order chi connectivity index (χ0) is 19.2. The lowest BCUT2D eigenvalue weighted by molar-refractivity contribution is -0.119. The fourth-order valence-corrected chi connectivity index (χ4v) is 3.26. The molecule has 5 heteroatoms. The van der Waals surface area contributed by atoms with Gasteiger partial charge in [0.05, 0.1) is 11.1 Å². The third-order valence-electron chi connectivity index (χ3n) is 4.77. The van der Waals surface area contributed by atoms with Gasteiger partial charge in [0, 0.05) is 12.1 Å². The van der Waals surface area contributed by atoms with E-state index >= 15 is 0 Å². The lowest BCUT2D eigenvalue weighted by Crippen LogP contribution is -2.44. The zero-order valence-corrected chi connectivity index (χ0v) is 15.6. The summed E-state index contributed by atoms with van der Waals surface area (Å²) in [6.45, 7) is 2.06. The van der Waals surface area contributed by atoms with Gasteiger partial charge in [-0.2, -0.15) is 0 Å². The molecular formula is C22H24N2O3. The number of rotatable bonds is 8. The summed E-state index contributed by atoms with van der Waals surface area (Å²) in [7, 11) is 0. The van der Waals surface area contributed by atoms with Crippen LogP contribution in [0.25, 0.3) is 0 Å². The lowest BCUT2D eigenvalue weighted by atomic mass is 10.1. The molecule has 3 amide bonds. The Morgan fingerprint density at radius 1 is 0.852 bits per heavy atom. The summed E-state index contributed by atoms with van der Waals surface area (Å²) >= 11 is 0. The quantitative estimate of drug-likeness (QED) is 0.520. The van der Waals surface area contributed by atoms with Gasteiger partial charge in [-0.3, -0.25) is 24.2 Å². The molecule has 0 bridgehead atoms. The summed E-state index contributed by atoms with van der Waals surface area (Å²) in [6, 6.07) is 16.0. The summed E-state index contributed by atoms with van der Waals surface area (Å²) in [5, 5.41) is 0. The molecule has 0 spiro atoms. The van der Waals surface area contributed by atoms with Crippen LogP contribution in [-0.4, -0.2) is 29.3 Å². The summed E-state index contributed by atoms with van der Waals surface area (Å²) in [5.41, 5.74) is 1.48. The number of para-hydroxylation sites is 1. The molecule has 0 saturated carbocycles. The fourth-order valence-electron chi connectivity index (χ4n) is 3.26. The Morgan fingerprint density at radius 3 is 2.04 bits per heavy atom. The van der Waals surface area contributed by atoms with Crippen LogP contribution in [0, 0.1) is 0 Å². The van der Waals surface area contributed by atoms with E-state index in [0.717, 1.165) is 30.6 Å². The van der Waals surface area contributed by atoms with Gasteiger partial charge in [0.1, 0.15) is 6.67 Å². The van der Waals surface area contributed by atoms with Crippen LogP contribution in [0.15, 0.2) is 54.6 Å². The molecule has 0 aromatic heterocycles. The molecule has 5 nitrogen and oxygen atoms in total. The summed E-state index contributed by atoms with van der Waals surface area (Å²) < 4.78 is 0. The molecule has 0 radical (unpaired) electrons. The lowest BCUT2D eigenvalue weighted by Gasteiger charge is -2.27. The smallest absolute Gasteiger partial charge is 0.263 e. The minimum atomic E-state index is -0.352. The van der Waals surface area contributed by atoms with Crippen molar-refractivity contribution in [1.82, 2.24) is 4.90 Å². The zero-order valence-electron chi connectivity index (χ0n) is 15.6. The Balaban J connectivity index is 1.79. The van der Waals surface area contributed by atoms with E-state index in [4.69, 9.17) is 0 Å². The minimum absolute atomic E-state index is 0.0665. The molecule has 0 aliphatic carbocycles. The molecule has 1 aliphatic heterocycles. The first kappa shape index (κ1) is 18.8. The summed E-state index contributed by atoms with van der Waals surface area (Å²) in [4.78, 5) is 40.9. The number of hydrogen-bond acceptors (Lipinski definition) is 3. The maximum atomic E-state index is 12.9. The second kappa shape index (κ2) is 8.62. The first-order chi connectivity index (χ1) is 13.1. The van der Waals surface area contributed by atoms with Crippen molar-refractivity contribution in [3.8, 4) is 0 Å². The highest BCUT2D eigenvalue weighted by atomic mass is 16.2. The predicted molar refractivity (Wildman–Crippen MR) is 104 cm³/mol. The van der Waals surface area contributed by atoms with E-state index < -0.39 is 0 Å². The highest BCUT2D eigenvalue weighted by Gasteiger charge is 2.37. The maximum Gasteiger partial charge on any atom is 0.263 e. The number of imide groups is 1. The van der Waals surface area contributed by atoms with E-state index in [1.807, 2.05) is 30.3 Å². The molecule has 2 aromatic carbocycles. The molecule has 0 fully saturated rings. The standard InChI is InChI=1S/C22H24N2O3/c1-2-3-4-8-15-20(25)23(17-11-6-5-7-12-17)16-24-21(26)18-13-9-10-14-19(18)22(24)27/h5-7,9-14H,2-4,8,15-16H2,1H3. The monoisotopic (exact) mass is 364 g/mol. The molecule has 27 heavy (non-hydrogen) atoms. The molecular weight excluding hydrogens is 340 g/mol. The SMILES string of the molecule is CCCCCCC(=O)N(CN1C(=O)c2ccccc2C1=O)c1ccccc1. The highest BCUT2D eigenvalue weighted by molar-refractivity contribution is 6.21. The van der Waals surface area contributed by atoms with Gasteiger partial charge in [-0.1, -0.05) is 56.5 Å². The Bertz CT molecular complexity index is 797. The molecule has 0 saturated heterocycles. The predicted octanol–water partition coefficient (Wildman–Crippen LogP) is 4.24. The number of carbonyl (C=O) groups is 3. The molecule has 140 valence electrons. The van der Waals surface area contributed by atoms with Crippen molar-refractivity contribution in [2.45, 2.75) is 39.0 Å². The van der Waals surface area contributed by atoms with E-state index in [1.54, 1.807) is 24.3 Å². The minimum Gasteiger partial charge on any atom is -0.294 e. The van der Waals surface area contributed by atoms with Crippen molar-refractivity contribution in [1.29, 1.82) is 0 Å². The van der Waals surface area contributed by atoms with Gasteiger partial charge in [-0.25, -0.2) is 0 Å². The van der Waals surface area contributed by atoms with Crippen LogP contribution in [0.4, 0.5) is 5.69 Å². The topological polar surface area (TPSA) is 57.7 Å². The van der Waals surface area contributed by atoms with Gasteiger partial charge in [0.25, 0.3) is 11.8 Å². The van der Waals surface area contributed by atoms with Crippen LogP contribution in [0.3, 0.4) is 0 Å². The Hall–Kier alpha value is -2.95. The van der Waals surface area contributed by atoms with Crippen LogP contribution in [0.1, 0.15) is 59.7 Å². The molecule has 1 aliphatic rings. The van der Waals surface area contributed by atoms with E-state index in [9.17, 15) is 14.4 Å². The Kier molecular flexibility index (Phi) is 6.01. The number of benzene rings is 2. The van der Waals surface area contributed by atoms with Crippen LogP contribution in [-0.2, 0) is 4.79 Å². The van der Waals surface area contributed by atoms with Crippen LogP contribution >= 0.6 is 0 Å². The van der Waals surface area contributed by atoms with E-state index in [2.05, 4.69) is 6.92 Å². The molecule has 3 rings (SSSR count). The molecule has 0 unspecified atom stereocenters. The number of hydrogen-bond donors (Lipinski definition) is 0. The Labute approximate surface area is 159 Å². The van der Waals surface area contributed by atoms with E-state index in [-0.39, 0.29) is 24.4 Å². The van der Waals surface area contributed by atoms with Crippen molar-refractivity contribution in [2.75, 3.05) is 11.6 Å². The first-order valence-electron chi connectivity index (χ1n) is 9.44. The van der Waals surface area contributed by atoms with E-state index in [1.165, 1.54) is 4.90 Å². The second-order valence-corrected chi connectivity index (χ2v) is 6.69. The van der Waals surface area contributed by atoms with Crippen LogP contribution < -0.4 is 4.90 Å². The van der Waals surface area contributed by atoms with Gasteiger partial charge >= 0.3 is 0 Å². The van der Waals surface area contributed by atoms with Crippen molar-refractivity contribution in [3.63, 3.8) is 0 Å². The number of fused-ring (bicyclic) bond motifs is 1. The molecule has 2 aromatic rings. The number of amides is 3. The number of anilines is 1. The normalized spacial score (nSPS) is 13.0. The summed E-state index contributed by atoms with van der Waals surface area (Å²) in [5.74, 6) is -0.778. The van der Waals surface area contributed by atoms with Crippen LogP contribution in [0.5, 0.6) is 0 Å². The van der Waals surface area contributed by atoms with Crippen molar-refractivity contribution < 1.29 is 14.4 Å². The van der Waals surface area contributed by atoms with Gasteiger partial charge in [0.2, 0.25) is 5.91 Å². The van der Waals surface area contributed by atoms with Gasteiger partial charge in [0.15, 0.2) is 0 Å². The van der Waals surface area contributed by atoms with Crippen molar-refractivity contribution in [3.05, 3.63) is 65.7 Å². The number of unbranched alkanes of at least 4 members (excludes halogenated alkanes) is 3. The highest BCUT2D eigenvalue weighted by Crippen LogP contribution is 2.25. The van der Waals surface area contributed by atoms with Gasteiger partial charge in [-0.15, -0.1) is 0 Å².